The molecule has 0 amide bonds. The molecule has 0 unspecified atom stereocenters. The van der Waals surface area contributed by atoms with Gasteiger partial charge in [-0.05, 0) is 43.5 Å². The van der Waals surface area contributed by atoms with Crippen LogP contribution in [0.3, 0.4) is 0 Å². The molecule has 1 aromatic heterocycles. The molecule has 0 fully saturated rings. The monoisotopic (exact) mass is 247 g/mol. The smallest absolute Gasteiger partial charge is 0.187 e. The van der Waals surface area contributed by atoms with Crippen LogP contribution in [0.2, 0.25) is 0 Å². The molecule has 0 radical (unpaired) electrons. The Bertz CT molecular complexity index is 531. The summed E-state index contributed by atoms with van der Waals surface area (Å²) in [6, 6.07) is 4.23. The Labute approximate surface area is 106 Å². The normalized spacial score (nSPS) is 10.6. The van der Waals surface area contributed by atoms with Crippen LogP contribution in [0.4, 0.5) is 10.8 Å². The first-order chi connectivity index (χ1) is 8.11. The number of hydrogen-bond donors (Lipinski definition) is 2. The summed E-state index contributed by atoms with van der Waals surface area (Å²) in [4.78, 5) is 5.39. The molecule has 17 heavy (non-hydrogen) atoms. The van der Waals surface area contributed by atoms with E-state index >= 15 is 0 Å². The molecule has 1 aromatic carbocycles. The lowest BCUT2D eigenvalue weighted by Crippen LogP contribution is -1.95. The van der Waals surface area contributed by atoms with E-state index in [-0.39, 0.29) is 0 Å². The van der Waals surface area contributed by atoms with Gasteiger partial charge in [0, 0.05) is 23.3 Å². The average Bonchev–Trinajstić information content (AvgIpc) is 2.78. The van der Waals surface area contributed by atoms with Gasteiger partial charge in [-0.3, -0.25) is 0 Å². The molecule has 3 nitrogen and oxygen atoms in total. The van der Waals surface area contributed by atoms with E-state index in [1.54, 1.807) is 11.3 Å². The molecular formula is C13H17N3S. The number of aryl methyl sites for hydroxylation is 1. The molecule has 0 atom stereocenters. The van der Waals surface area contributed by atoms with Crippen molar-refractivity contribution >= 4 is 22.2 Å². The number of benzene rings is 1. The highest BCUT2D eigenvalue weighted by Crippen LogP contribution is 2.27. The minimum Gasteiger partial charge on any atom is -0.331 e. The van der Waals surface area contributed by atoms with Crippen LogP contribution >= 0.6 is 11.3 Å². The van der Waals surface area contributed by atoms with E-state index in [2.05, 4.69) is 43.2 Å². The quantitative estimate of drug-likeness (QED) is 0.875. The third kappa shape index (κ3) is 2.48. The summed E-state index contributed by atoms with van der Waals surface area (Å²) < 4.78 is 0. The molecule has 1 heterocycles. The fraction of sp³-hybridized carbons (Fsp3) is 0.308. The summed E-state index contributed by atoms with van der Waals surface area (Å²) in [5.41, 5.74) is 10.6. The Morgan fingerprint density at radius 3 is 2.65 bits per heavy atom. The first-order valence-electron chi connectivity index (χ1n) is 5.60. The average molecular weight is 247 g/mol. The van der Waals surface area contributed by atoms with Crippen molar-refractivity contribution in [1.29, 1.82) is 0 Å². The summed E-state index contributed by atoms with van der Waals surface area (Å²) in [5, 5.41) is 4.25. The van der Waals surface area contributed by atoms with Crippen molar-refractivity contribution in [2.24, 2.45) is 5.73 Å². The van der Waals surface area contributed by atoms with Crippen LogP contribution in [0.1, 0.15) is 21.6 Å². The largest absolute Gasteiger partial charge is 0.331 e. The molecule has 2 rings (SSSR count). The summed E-state index contributed by atoms with van der Waals surface area (Å²) in [7, 11) is 0. The molecular weight excluding hydrogens is 230 g/mol. The van der Waals surface area contributed by atoms with Crippen LogP contribution < -0.4 is 11.1 Å². The number of aromatic nitrogens is 1. The molecule has 0 saturated heterocycles. The summed E-state index contributed by atoms with van der Waals surface area (Å²) in [6.45, 7) is 6.94. The maximum absolute atomic E-state index is 5.57. The molecule has 0 bridgehead atoms. The van der Waals surface area contributed by atoms with Gasteiger partial charge in [0.2, 0.25) is 0 Å². The van der Waals surface area contributed by atoms with Gasteiger partial charge in [-0.1, -0.05) is 6.07 Å². The fourth-order valence-electron chi connectivity index (χ4n) is 1.67. The fourth-order valence-corrected chi connectivity index (χ4v) is 2.37. The Balaban J connectivity index is 2.27. The van der Waals surface area contributed by atoms with Crippen molar-refractivity contribution in [3.63, 3.8) is 0 Å². The van der Waals surface area contributed by atoms with Crippen LogP contribution in [-0.4, -0.2) is 4.98 Å². The van der Waals surface area contributed by atoms with Crippen molar-refractivity contribution in [1.82, 2.24) is 4.98 Å². The maximum atomic E-state index is 5.57. The van der Waals surface area contributed by atoms with Gasteiger partial charge in [0.25, 0.3) is 0 Å². The van der Waals surface area contributed by atoms with Crippen molar-refractivity contribution in [2.45, 2.75) is 27.3 Å². The Morgan fingerprint density at radius 1 is 1.24 bits per heavy atom. The first kappa shape index (κ1) is 12.1. The van der Waals surface area contributed by atoms with E-state index in [0.717, 1.165) is 15.7 Å². The van der Waals surface area contributed by atoms with Gasteiger partial charge in [0.05, 0.1) is 0 Å². The Kier molecular flexibility index (Phi) is 3.45. The number of nitrogens with one attached hydrogen (secondary N) is 1. The van der Waals surface area contributed by atoms with E-state index in [1.807, 2.05) is 6.20 Å². The topological polar surface area (TPSA) is 50.9 Å². The van der Waals surface area contributed by atoms with Crippen molar-refractivity contribution < 1.29 is 0 Å². The summed E-state index contributed by atoms with van der Waals surface area (Å²) in [5.74, 6) is 0. The number of nitrogens with two attached hydrogens (primary N) is 1. The van der Waals surface area contributed by atoms with E-state index in [9.17, 15) is 0 Å². The van der Waals surface area contributed by atoms with Crippen molar-refractivity contribution in [2.75, 3.05) is 5.32 Å². The molecule has 0 spiro atoms. The second kappa shape index (κ2) is 4.85. The lowest BCUT2D eigenvalue weighted by Gasteiger charge is -2.11. The molecule has 2 aromatic rings. The van der Waals surface area contributed by atoms with E-state index in [4.69, 9.17) is 5.73 Å². The second-order valence-electron chi connectivity index (χ2n) is 4.14. The molecule has 90 valence electrons. The van der Waals surface area contributed by atoms with Gasteiger partial charge in [-0.25, -0.2) is 4.98 Å². The highest BCUT2D eigenvalue weighted by atomic mass is 32.1. The third-order valence-electron chi connectivity index (χ3n) is 3.05. The number of hydrogen-bond acceptors (Lipinski definition) is 4. The van der Waals surface area contributed by atoms with Crippen LogP contribution in [-0.2, 0) is 6.54 Å². The zero-order valence-electron chi connectivity index (χ0n) is 10.4. The predicted octanol–water partition coefficient (Wildman–Crippen LogP) is 3.27. The van der Waals surface area contributed by atoms with Gasteiger partial charge in [0.15, 0.2) is 5.13 Å². The van der Waals surface area contributed by atoms with Crippen LogP contribution in [0.25, 0.3) is 0 Å². The summed E-state index contributed by atoms with van der Waals surface area (Å²) in [6.07, 6.45) is 1.82. The van der Waals surface area contributed by atoms with Gasteiger partial charge in [-0.15, -0.1) is 11.3 Å². The van der Waals surface area contributed by atoms with Gasteiger partial charge >= 0.3 is 0 Å². The highest BCUT2D eigenvalue weighted by molar-refractivity contribution is 7.15. The van der Waals surface area contributed by atoms with E-state index in [1.165, 1.54) is 16.7 Å². The lowest BCUT2D eigenvalue weighted by atomic mass is 10.0. The van der Waals surface area contributed by atoms with Gasteiger partial charge < -0.3 is 11.1 Å². The number of rotatable bonds is 3. The number of anilines is 2. The standard InChI is InChI=1S/C13H17N3S/c1-8-4-5-12(10(3)9(8)2)16-13-15-7-11(6-14)17-13/h4-5,7H,6,14H2,1-3H3,(H,15,16). The van der Waals surface area contributed by atoms with Crippen molar-refractivity contribution in [3.05, 3.63) is 39.9 Å². The molecule has 0 aliphatic heterocycles. The SMILES string of the molecule is Cc1ccc(Nc2ncc(CN)s2)c(C)c1C. The first-order valence-corrected chi connectivity index (χ1v) is 6.42. The molecule has 4 heteroatoms. The predicted molar refractivity (Wildman–Crippen MR) is 73.9 cm³/mol. The van der Waals surface area contributed by atoms with Crippen LogP contribution in [0.5, 0.6) is 0 Å². The highest BCUT2D eigenvalue weighted by Gasteiger charge is 2.06. The maximum Gasteiger partial charge on any atom is 0.187 e. The van der Waals surface area contributed by atoms with E-state index in [0.29, 0.717) is 6.54 Å². The second-order valence-corrected chi connectivity index (χ2v) is 5.26. The zero-order valence-corrected chi connectivity index (χ0v) is 11.2. The summed E-state index contributed by atoms with van der Waals surface area (Å²) >= 11 is 1.60. The van der Waals surface area contributed by atoms with Gasteiger partial charge in [0.1, 0.15) is 0 Å². The Morgan fingerprint density at radius 2 is 2.00 bits per heavy atom. The van der Waals surface area contributed by atoms with Gasteiger partial charge in [-0.2, -0.15) is 0 Å². The molecule has 0 saturated carbocycles. The van der Waals surface area contributed by atoms with Crippen molar-refractivity contribution in [3.8, 4) is 0 Å². The third-order valence-corrected chi connectivity index (χ3v) is 3.99. The minimum absolute atomic E-state index is 0.547. The lowest BCUT2D eigenvalue weighted by molar-refractivity contribution is 1.10. The number of nitrogens with zero attached hydrogens (tertiary/aromatic N) is 1. The Hall–Kier alpha value is -1.39. The van der Waals surface area contributed by atoms with Crippen LogP contribution in [0.15, 0.2) is 18.3 Å². The van der Waals surface area contributed by atoms with E-state index < -0.39 is 0 Å². The zero-order chi connectivity index (χ0) is 12.4. The number of thiazole rings is 1. The molecule has 0 aliphatic carbocycles. The molecule has 0 aliphatic rings. The van der Waals surface area contributed by atoms with Crippen LogP contribution in [0, 0.1) is 20.8 Å². The minimum atomic E-state index is 0.547. The molecule has 3 N–H and O–H groups in total.